The molecule has 0 atom stereocenters. The van der Waals surface area contributed by atoms with E-state index in [1.807, 2.05) is 60.7 Å². The Morgan fingerprint density at radius 1 is 0.388 bits per heavy atom. The fourth-order valence-corrected chi connectivity index (χ4v) is 8.99. The average Bonchev–Trinajstić information content (AvgIpc) is 1.15. The van der Waals surface area contributed by atoms with Crippen molar-refractivity contribution in [2.24, 2.45) is 0 Å². The first-order chi connectivity index (χ1) is 38.9. The summed E-state index contributed by atoms with van der Waals surface area (Å²) in [7, 11) is 0. The van der Waals surface area contributed by atoms with E-state index in [9.17, 15) is 115 Å². The molecule has 448 valence electrons. The quantitative estimate of drug-likeness (QED) is 0.0475. The van der Waals surface area contributed by atoms with E-state index in [0.29, 0.717) is 11.3 Å². The van der Waals surface area contributed by atoms with E-state index in [-0.39, 0.29) is 18.0 Å². The molecule has 5 aromatic carbocycles. The number of Topliss-reactive ketones (excluding diaryl/α,β-unsaturated/α-hetero) is 1. The Morgan fingerprint density at radius 3 is 0.953 bits per heavy atom. The third kappa shape index (κ3) is 14.9. The fourth-order valence-electron chi connectivity index (χ4n) is 8.99. The minimum absolute atomic E-state index is 0.0497. The highest BCUT2D eigenvalue weighted by atomic mass is 19.4. The Bertz CT molecular complexity index is 3260. The summed E-state index contributed by atoms with van der Waals surface area (Å²) in [6.45, 7) is 0.115. The van der Waals surface area contributed by atoms with Gasteiger partial charge in [0.05, 0.1) is 50.7 Å². The van der Waals surface area contributed by atoms with Gasteiger partial charge in [0, 0.05) is 5.56 Å². The number of nitrogens with zero attached hydrogens (tertiary/aromatic N) is 2. The smallest absolute Gasteiger partial charge is 0.416 e. The van der Waals surface area contributed by atoms with Crippen molar-refractivity contribution in [1.29, 1.82) is 0 Å². The molecular weight excluding hydrogens is 1200 g/mol. The van der Waals surface area contributed by atoms with Gasteiger partial charge in [-0.1, -0.05) is 109 Å². The van der Waals surface area contributed by atoms with Gasteiger partial charge in [-0.05, 0) is 47.5 Å². The summed E-state index contributed by atoms with van der Waals surface area (Å²) in [6.07, 6.45) is -50.2. The second-order valence-corrected chi connectivity index (χ2v) is 18.5. The lowest BCUT2D eigenvalue weighted by Gasteiger charge is -2.46. The van der Waals surface area contributed by atoms with Gasteiger partial charge in [-0.25, -0.2) is 9.78 Å². The third-order valence-corrected chi connectivity index (χ3v) is 12.7. The van der Waals surface area contributed by atoms with Gasteiger partial charge < -0.3 is 4.74 Å². The maximum atomic E-state index is 14.2. The molecule has 0 N–H and O–H groups in total. The van der Waals surface area contributed by atoms with Crippen LogP contribution in [0.15, 0.2) is 164 Å². The lowest BCUT2D eigenvalue weighted by atomic mass is 9.12. The van der Waals surface area contributed by atoms with Crippen molar-refractivity contribution in [1.82, 2.24) is 4.98 Å². The summed E-state index contributed by atoms with van der Waals surface area (Å²) in [5, 5.41) is 0. The van der Waals surface area contributed by atoms with Crippen LogP contribution in [0.3, 0.4) is 0 Å². The van der Waals surface area contributed by atoms with Crippen LogP contribution < -0.4 is 31.2 Å². The monoisotopic (exact) mass is 1230 g/mol. The maximum absolute atomic E-state index is 14.2. The largest absolute Gasteiger partial charge is 0.422 e. The highest BCUT2D eigenvalue weighted by Gasteiger charge is 2.47. The first kappa shape index (κ1) is 64.0. The standard InChI is InChI=1S/C32H12BF24.C23H17N2O3/c34-25(35,36)13-1-14(26(37,38)39)6-21(5-13)33(22-7-15(27(40,41)42)2-16(8-22)28(43,44)45,23-9-17(29(46,47)48)3-18(10-23)30(49,50)51)24-11-19(31(52,53)54)4-20(12-24)32(55,56)57;26-22(17-7-3-1-4-8-17)16-25-12-11-24-21(15-25)23(27)28-20-13-18-9-5-2-6-10-19(18)14-20/h1-12H;1-15H,16H2/q-1;+1. The molecule has 1 heterocycles. The summed E-state index contributed by atoms with van der Waals surface area (Å²) in [6, 6.07) is 13.5. The molecular formula is C55H29BF24N2O3. The van der Waals surface area contributed by atoms with Crippen LogP contribution in [0.5, 0.6) is 5.75 Å². The maximum Gasteiger partial charge on any atom is 0.416 e. The Morgan fingerprint density at radius 2 is 0.671 bits per heavy atom. The number of esters is 1. The summed E-state index contributed by atoms with van der Waals surface area (Å²) in [5.74, 6) is -0.156. The molecule has 6 aromatic rings. The minimum Gasteiger partial charge on any atom is -0.422 e. The Hall–Kier alpha value is -8.60. The van der Waals surface area contributed by atoms with Gasteiger partial charge in [0.2, 0.25) is 24.2 Å². The Kier molecular flexibility index (Phi) is 17.1. The summed E-state index contributed by atoms with van der Waals surface area (Å²) in [5.41, 5.74) is -27.5. The second-order valence-electron chi connectivity index (χ2n) is 18.5. The highest BCUT2D eigenvalue weighted by molar-refractivity contribution is 7.20. The van der Waals surface area contributed by atoms with Crippen molar-refractivity contribution in [3.63, 3.8) is 0 Å². The third-order valence-electron chi connectivity index (χ3n) is 12.7. The van der Waals surface area contributed by atoms with Crippen LogP contribution in [0.2, 0.25) is 0 Å². The van der Waals surface area contributed by atoms with E-state index in [1.165, 1.54) is 12.4 Å². The van der Waals surface area contributed by atoms with Crippen LogP contribution in [0, 0.1) is 0 Å². The number of fused-ring (bicyclic) bond motifs is 1. The Labute approximate surface area is 461 Å². The molecule has 0 fully saturated rings. The van der Waals surface area contributed by atoms with Gasteiger partial charge in [0.15, 0.2) is 6.20 Å². The van der Waals surface area contributed by atoms with E-state index in [4.69, 9.17) is 4.74 Å². The second kappa shape index (κ2) is 22.8. The van der Waals surface area contributed by atoms with E-state index in [2.05, 4.69) is 4.98 Å². The topological polar surface area (TPSA) is 60.1 Å². The van der Waals surface area contributed by atoms with Crippen LogP contribution >= 0.6 is 0 Å². The van der Waals surface area contributed by atoms with E-state index < -0.39 is 201 Å². The van der Waals surface area contributed by atoms with Gasteiger partial charge in [-0.15, -0.1) is 0 Å². The number of ether oxygens (including phenoxy) is 1. The van der Waals surface area contributed by atoms with Gasteiger partial charge >= 0.3 is 55.4 Å². The molecule has 30 heteroatoms. The molecule has 1 aromatic heterocycles. The number of hydrogen-bond donors (Lipinski definition) is 0. The predicted molar refractivity (Wildman–Crippen MR) is 253 cm³/mol. The van der Waals surface area contributed by atoms with Crippen LogP contribution in [0.1, 0.15) is 65.4 Å². The van der Waals surface area contributed by atoms with Crippen molar-refractivity contribution in [2.75, 3.05) is 0 Å². The molecule has 2 aliphatic rings. The van der Waals surface area contributed by atoms with Crippen molar-refractivity contribution >= 4 is 39.7 Å². The van der Waals surface area contributed by atoms with Crippen LogP contribution in [-0.4, -0.2) is 22.9 Å². The fraction of sp³-hybridized carbons (Fsp3) is 0.164. The summed E-state index contributed by atoms with van der Waals surface area (Å²) < 4.78 is 348. The zero-order valence-electron chi connectivity index (χ0n) is 41.6. The van der Waals surface area contributed by atoms with E-state index >= 15 is 0 Å². The molecule has 0 amide bonds. The van der Waals surface area contributed by atoms with Crippen molar-refractivity contribution in [3.05, 3.63) is 220 Å². The number of aromatic nitrogens is 2. The van der Waals surface area contributed by atoms with Crippen LogP contribution in [-0.2, 0) is 56.0 Å². The minimum atomic E-state index is -6.13. The normalized spacial score (nSPS) is 13.1. The van der Waals surface area contributed by atoms with Gasteiger partial charge in [0.25, 0.3) is 0 Å². The zero-order valence-corrected chi connectivity index (χ0v) is 41.6. The van der Waals surface area contributed by atoms with Crippen LogP contribution in [0.25, 0.3) is 11.1 Å². The number of rotatable bonds is 9. The van der Waals surface area contributed by atoms with Crippen LogP contribution in [0.4, 0.5) is 105 Å². The SMILES string of the molecule is FC(F)(F)c1cc([B-](c2cc(C(F)(F)F)cc(C(F)(F)F)c2)(c2cc(C(F)(F)F)cc(C(F)(F)F)c2)c2cc(C(F)(F)F)cc(C(F)(F)F)c2)cc(C(F)(F)F)c1.O=C(C[n+]1ccnc(C(=O)Oc2cc3cccccc-3c2)c1)c1ccccc1. The summed E-state index contributed by atoms with van der Waals surface area (Å²) in [4.78, 5) is 28.9. The van der Waals surface area contributed by atoms with E-state index in [1.54, 1.807) is 22.9 Å². The lowest BCUT2D eigenvalue weighted by molar-refractivity contribution is -0.683. The number of hydrogen-bond acceptors (Lipinski definition) is 4. The number of ketones is 1. The first-order valence-corrected chi connectivity index (χ1v) is 23.5. The van der Waals surface area contributed by atoms with Gasteiger partial charge in [-0.3, -0.25) is 4.79 Å². The summed E-state index contributed by atoms with van der Waals surface area (Å²) >= 11 is 0. The van der Waals surface area contributed by atoms with Crippen molar-refractivity contribution in [3.8, 4) is 16.9 Å². The molecule has 0 spiro atoms. The average molecular weight is 1230 g/mol. The number of carbonyl (C=O) groups is 2. The van der Waals surface area contributed by atoms with Gasteiger partial charge in [0.1, 0.15) is 11.9 Å². The number of alkyl halides is 24. The lowest BCUT2D eigenvalue weighted by Crippen LogP contribution is -2.75. The Balaban J connectivity index is 0.000000306. The number of carbonyl (C=O) groups excluding carboxylic acids is 2. The molecule has 0 saturated heterocycles. The molecule has 5 nitrogen and oxygen atoms in total. The van der Waals surface area contributed by atoms with Gasteiger partial charge in [-0.2, -0.15) is 132 Å². The molecule has 0 bridgehead atoms. The first-order valence-electron chi connectivity index (χ1n) is 23.5. The molecule has 0 aliphatic heterocycles. The molecule has 2 aliphatic carbocycles. The number of benzene rings is 5. The number of halogens is 24. The van der Waals surface area contributed by atoms with Crippen molar-refractivity contribution < 1.29 is 124 Å². The van der Waals surface area contributed by atoms with E-state index in [0.717, 1.165) is 11.1 Å². The molecule has 0 unspecified atom stereocenters. The molecule has 0 radical (unpaired) electrons. The molecule has 0 saturated carbocycles. The van der Waals surface area contributed by atoms with Crippen molar-refractivity contribution in [2.45, 2.75) is 56.0 Å². The molecule has 85 heavy (non-hydrogen) atoms. The zero-order chi connectivity index (χ0) is 63.3. The highest BCUT2D eigenvalue weighted by Crippen LogP contribution is 2.42. The predicted octanol–water partition coefficient (Wildman–Crippen LogP) is 14.8. The molecule has 8 rings (SSSR count).